The van der Waals surface area contributed by atoms with E-state index in [9.17, 15) is 9.59 Å². The molecule has 2 N–H and O–H groups in total. The predicted molar refractivity (Wildman–Crippen MR) is 105 cm³/mol. The van der Waals surface area contributed by atoms with Crippen LogP contribution >= 0.6 is 23.1 Å². The van der Waals surface area contributed by atoms with E-state index in [1.807, 2.05) is 38.1 Å². The highest BCUT2D eigenvalue weighted by Gasteiger charge is 2.22. The van der Waals surface area contributed by atoms with Crippen LogP contribution in [0.4, 0.5) is 5.00 Å². The Labute approximate surface area is 159 Å². The molecular formula is C18H19N3O3S2. The molecule has 0 bridgehead atoms. The summed E-state index contributed by atoms with van der Waals surface area (Å²) in [5.41, 5.74) is 3.08. The first-order valence-corrected chi connectivity index (χ1v) is 9.94. The normalized spacial score (nSPS) is 10.9. The quantitative estimate of drug-likeness (QED) is 0.489. The van der Waals surface area contributed by atoms with Gasteiger partial charge >= 0.3 is 5.97 Å². The molecule has 0 aliphatic heterocycles. The summed E-state index contributed by atoms with van der Waals surface area (Å²) in [7, 11) is 0. The number of aromatic amines is 1. The number of aromatic nitrogens is 2. The van der Waals surface area contributed by atoms with Gasteiger partial charge in [0.25, 0.3) is 0 Å². The number of thioether (sulfide) groups is 1. The monoisotopic (exact) mass is 389 g/mol. The number of fused-ring (bicyclic) bond motifs is 1. The molecule has 0 aliphatic rings. The van der Waals surface area contributed by atoms with Gasteiger partial charge in [0.2, 0.25) is 5.91 Å². The summed E-state index contributed by atoms with van der Waals surface area (Å²) >= 11 is 2.70. The van der Waals surface area contributed by atoms with Gasteiger partial charge < -0.3 is 15.0 Å². The van der Waals surface area contributed by atoms with Crippen LogP contribution in [0, 0.1) is 13.8 Å². The molecule has 2 aromatic heterocycles. The predicted octanol–water partition coefficient (Wildman–Crippen LogP) is 4.15. The van der Waals surface area contributed by atoms with Crippen LogP contribution in [0.15, 0.2) is 29.4 Å². The van der Waals surface area contributed by atoms with Crippen molar-refractivity contribution in [3.8, 4) is 0 Å². The molecule has 8 heteroatoms. The minimum atomic E-state index is -0.408. The molecule has 0 atom stereocenters. The van der Waals surface area contributed by atoms with E-state index >= 15 is 0 Å². The number of anilines is 1. The number of nitrogens with one attached hydrogen (secondary N) is 2. The van der Waals surface area contributed by atoms with E-state index in [0.29, 0.717) is 22.3 Å². The van der Waals surface area contributed by atoms with Crippen molar-refractivity contribution in [1.82, 2.24) is 9.97 Å². The number of carbonyl (C=O) groups is 2. The number of hydrogen-bond acceptors (Lipinski definition) is 6. The van der Waals surface area contributed by atoms with E-state index in [-0.39, 0.29) is 11.7 Å². The minimum Gasteiger partial charge on any atom is -0.462 e. The van der Waals surface area contributed by atoms with Gasteiger partial charge in [-0.25, -0.2) is 9.78 Å². The highest BCUT2D eigenvalue weighted by Crippen LogP contribution is 2.33. The third kappa shape index (κ3) is 3.91. The van der Waals surface area contributed by atoms with Crippen LogP contribution in [0.2, 0.25) is 0 Å². The average Bonchev–Trinajstić information content (AvgIpc) is 3.14. The smallest absolute Gasteiger partial charge is 0.341 e. The van der Waals surface area contributed by atoms with E-state index in [2.05, 4.69) is 15.3 Å². The fraction of sp³-hybridized carbons (Fsp3) is 0.278. The van der Waals surface area contributed by atoms with Crippen molar-refractivity contribution in [3.63, 3.8) is 0 Å². The number of ether oxygens (including phenoxy) is 1. The second-order valence-corrected chi connectivity index (χ2v) is 7.79. The van der Waals surface area contributed by atoms with Gasteiger partial charge in [-0.1, -0.05) is 23.9 Å². The summed E-state index contributed by atoms with van der Waals surface area (Å²) in [5, 5.41) is 4.05. The molecule has 3 aromatic rings. The van der Waals surface area contributed by atoms with Crippen LogP contribution in [0.1, 0.15) is 27.7 Å². The van der Waals surface area contributed by atoms with Crippen molar-refractivity contribution in [3.05, 3.63) is 40.3 Å². The second kappa shape index (κ2) is 7.92. The number of aryl methyl sites for hydroxylation is 1. The number of carbonyl (C=O) groups excluding carboxylic acids is 2. The fourth-order valence-corrected chi connectivity index (χ4v) is 4.21. The number of thiophene rings is 1. The summed E-state index contributed by atoms with van der Waals surface area (Å²) < 4.78 is 5.10. The molecule has 136 valence electrons. The molecule has 6 nitrogen and oxygen atoms in total. The van der Waals surface area contributed by atoms with Gasteiger partial charge in [-0.15, -0.1) is 11.3 Å². The first-order valence-electron chi connectivity index (χ1n) is 8.14. The lowest BCUT2D eigenvalue weighted by molar-refractivity contribution is -0.113. The van der Waals surface area contributed by atoms with E-state index < -0.39 is 5.97 Å². The van der Waals surface area contributed by atoms with Crippen molar-refractivity contribution < 1.29 is 14.3 Å². The molecule has 0 unspecified atom stereocenters. The van der Waals surface area contributed by atoms with Gasteiger partial charge in [0.15, 0.2) is 5.16 Å². The maximum atomic E-state index is 12.3. The highest BCUT2D eigenvalue weighted by atomic mass is 32.2. The van der Waals surface area contributed by atoms with E-state index in [4.69, 9.17) is 4.74 Å². The number of amides is 1. The molecule has 3 rings (SSSR count). The van der Waals surface area contributed by atoms with Crippen molar-refractivity contribution in [1.29, 1.82) is 0 Å². The van der Waals surface area contributed by atoms with Gasteiger partial charge in [-0.2, -0.15) is 0 Å². The molecule has 0 aliphatic carbocycles. The molecule has 1 amide bonds. The second-order valence-electron chi connectivity index (χ2n) is 5.60. The Morgan fingerprint density at radius 1 is 1.31 bits per heavy atom. The molecule has 26 heavy (non-hydrogen) atoms. The number of esters is 1. The minimum absolute atomic E-state index is 0.192. The molecule has 2 heterocycles. The number of H-pyrrole nitrogens is 1. The third-order valence-electron chi connectivity index (χ3n) is 3.83. The largest absolute Gasteiger partial charge is 0.462 e. The fourth-order valence-electron chi connectivity index (χ4n) is 2.46. The van der Waals surface area contributed by atoms with Crippen LogP contribution in [0.25, 0.3) is 11.0 Å². The van der Waals surface area contributed by atoms with Crippen molar-refractivity contribution in [2.24, 2.45) is 0 Å². The lowest BCUT2D eigenvalue weighted by Crippen LogP contribution is -2.16. The van der Waals surface area contributed by atoms with Gasteiger partial charge in [0, 0.05) is 4.88 Å². The Morgan fingerprint density at radius 2 is 2.08 bits per heavy atom. The van der Waals surface area contributed by atoms with Crippen LogP contribution in [-0.4, -0.2) is 34.2 Å². The zero-order valence-corrected chi connectivity index (χ0v) is 16.3. The Kier molecular flexibility index (Phi) is 5.63. The molecule has 0 saturated heterocycles. The topological polar surface area (TPSA) is 84.1 Å². The average molecular weight is 390 g/mol. The highest BCUT2D eigenvalue weighted by molar-refractivity contribution is 7.99. The Hall–Kier alpha value is -2.32. The first kappa shape index (κ1) is 18.5. The molecule has 0 fully saturated rings. The summed E-state index contributed by atoms with van der Waals surface area (Å²) in [5.74, 6) is -0.408. The Balaban J connectivity index is 1.68. The summed E-state index contributed by atoms with van der Waals surface area (Å²) in [6.45, 7) is 5.83. The van der Waals surface area contributed by atoms with Crippen molar-refractivity contribution in [2.45, 2.75) is 25.9 Å². The molecule has 1 aromatic carbocycles. The maximum Gasteiger partial charge on any atom is 0.341 e. The lowest BCUT2D eigenvalue weighted by Gasteiger charge is -2.06. The van der Waals surface area contributed by atoms with E-state index in [1.165, 1.54) is 23.1 Å². The number of imidazole rings is 1. The molecular weight excluding hydrogens is 370 g/mol. The zero-order valence-electron chi connectivity index (χ0n) is 14.7. The number of rotatable bonds is 6. The summed E-state index contributed by atoms with van der Waals surface area (Å²) in [6, 6.07) is 7.71. The number of nitrogens with zero attached hydrogens (tertiary/aromatic N) is 1. The van der Waals surface area contributed by atoms with Crippen LogP contribution in [0.3, 0.4) is 0 Å². The summed E-state index contributed by atoms with van der Waals surface area (Å²) in [6.07, 6.45) is 0. The van der Waals surface area contributed by atoms with E-state index in [1.54, 1.807) is 6.92 Å². The SMILES string of the molecule is CCOC(=O)c1c(NC(=O)CSc2nc3ccccc3[nH]2)sc(C)c1C. The molecule has 0 spiro atoms. The van der Waals surface area contributed by atoms with Crippen molar-refractivity contribution >= 4 is 51.0 Å². The number of hydrogen-bond donors (Lipinski definition) is 2. The Bertz CT molecular complexity index is 929. The Morgan fingerprint density at radius 3 is 2.81 bits per heavy atom. The van der Waals surface area contributed by atoms with Crippen molar-refractivity contribution in [2.75, 3.05) is 17.7 Å². The maximum absolute atomic E-state index is 12.3. The van der Waals surface area contributed by atoms with Crippen LogP contribution in [-0.2, 0) is 9.53 Å². The van der Waals surface area contributed by atoms with Gasteiger partial charge in [0.1, 0.15) is 5.00 Å². The zero-order chi connectivity index (χ0) is 18.7. The van der Waals surface area contributed by atoms with E-state index in [0.717, 1.165) is 21.5 Å². The van der Waals surface area contributed by atoms with Crippen LogP contribution in [0.5, 0.6) is 0 Å². The summed E-state index contributed by atoms with van der Waals surface area (Å²) in [4.78, 5) is 33.1. The lowest BCUT2D eigenvalue weighted by atomic mass is 10.1. The van der Waals surface area contributed by atoms with Gasteiger partial charge in [0.05, 0.1) is 29.0 Å². The standard InChI is InChI=1S/C18H19N3O3S2/c1-4-24-17(23)15-10(2)11(3)26-16(15)21-14(22)9-25-18-19-12-7-5-6-8-13(12)20-18/h5-8H,4,9H2,1-3H3,(H,19,20)(H,21,22). The molecule has 0 saturated carbocycles. The van der Waals surface area contributed by atoms with Gasteiger partial charge in [-0.3, -0.25) is 4.79 Å². The first-order chi connectivity index (χ1) is 12.5. The van der Waals surface area contributed by atoms with Gasteiger partial charge in [-0.05, 0) is 38.5 Å². The number of benzene rings is 1. The molecule has 0 radical (unpaired) electrons. The number of para-hydroxylation sites is 2. The third-order valence-corrected chi connectivity index (χ3v) is 5.82. The van der Waals surface area contributed by atoms with Crippen LogP contribution < -0.4 is 5.32 Å².